The summed E-state index contributed by atoms with van der Waals surface area (Å²) in [5.74, 6) is 0. The summed E-state index contributed by atoms with van der Waals surface area (Å²) in [6, 6.07) is 0. The van der Waals surface area contributed by atoms with Crippen molar-refractivity contribution in [1.82, 2.24) is 4.37 Å². The standard InChI is InChI=1S/C11H12NS.CH3.Y/c1-6-7(2)9(4)11-10(8(6)3)5-12-13-11;;/h1-4H3;1H3;/q2*-1;. The zero-order chi connectivity index (χ0) is 9.59. The predicted molar refractivity (Wildman–Crippen MR) is 63.8 cm³/mol. The van der Waals surface area contributed by atoms with Crippen molar-refractivity contribution in [2.24, 2.45) is 0 Å². The van der Waals surface area contributed by atoms with Gasteiger partial charge in [0.25, 0.3) is 0 Å². The third-order valence-corrected chi connectivity index (χ3v) is 3.80. The number of rotatable bonds is 0. The zero-order valence-corrected chi connectivity index (χ0v) is 13.6. The Labute approximate surface area is 121 Å². The molecule has 0 aliphatic heterocycles. The number of benzene rings is 1. The maximum Gasteiger partial charge on any atom is 0 e. The van der Waals surface area contributed by atoms with Gasteiger partial charge in [0.1, 0.15) is 0 Å². The molecule has 1 aromatic heterocycles. The predicted octanol–water partition coefficient (Wildman–Crippen LogP) is 3.78. The van der Waals surface area contributed by atoms with Crippen LogP contribution in [0.3, 0.4) is 0 Å². The van der Waals surface area contributed by atoms with Gasteiger partial charge in [0.2, 0.25) is 0 Å². The summed E-state index contributed by atoms with van der Waals surface area (Å²) in [5, 5.41) is 1.20. The molecule has 1 radical (unpaired) electrons. The second kappa shape index (κ2) is 5.51. The molecule has 2 aromatic rings. The molecule has 0 atom stereocenters. The van der Waals surface area contributed by atoms with Crippen molar-refractivity contribution < 1.29 is 32.7 Å². The van der Waals surface area contributed by atoms with Gasteiger partial charge in [0, 0.05) is 32.7 Å². The van der Waals surface area contributed by atoms with Crippen molar-refractivity contribution >= 4 is 21.6 Å². The van der Waals surface area contributed by atoms with Gasteiger partial charge < -0.3 is 7.43 Å². The van der Waals surface area contributed by atoms with Gasteiger partial charge in [-0.15, -0.1) is 22.7 Å². The van der Waals surface area contributed by atoms with Crippen LogP contribution in [-0.2, 0) is 32.7 Å². The maximum atomic E-state index is 4.12. The molecule has 0 saturated heterocycles. The summed E-state index contributed by atoms with van der Waals surface area (Å²) in [4.78, 5) is 0. The van der Waals surface area contributed by atoms with Crippen molar-refractivity contribution in [2.45, 2.75) is 27.7 Å². The largest absolute Gasteiger partial charge is 0.358 e. The molecule has 1 aromatic carbocycles. The Morgan fingerprint density at radius 1 is 0.933 bits per heavy atom. The molecule has 15 heavy (non-hydrogen) atoms. The zero-order valence-electron chi connectivity index (χ0n) is 9.93. The van der Waals surface area contributed by atoms with Crippen LogP contribution in [0, 0.1) is 41.3 Å². The van der Waals surface area contributed by atoms with Gasteiger partial charge in [0.05, 0.1) is 0 Å². The fraction of sp³-hybridized carbons (Fsp3) is 0.333. The van der Waals surface area contributed by atoms with Crippen molar-refractivity contribution in [1.29, 1.82) is 0 Å². The molecular formula is C12H15NSY-2. The Morgan fingerprint density at radius 2 is 1.47 bits per heavy atom. The normalized spacial score (nSPS) is 9.60. The Balaban J connectivity index is 0.000000980. The minimum absolute atomic E-state index is 0. The number of hydrogen-bond donors (Lipinski definition) is 0. The number of nitrogens with zero attached hydrogens (tertiary/aromatic N) is 1. The van der Waals surface area contributed by atoms with E-state index in [9.17, 15) is 0 Å². The first kappa shape index (κ1) is 15.2. The minimum Gasteiger partial charge on any atom is -0.358 e. The van der Waals surface area contributed by atoms with Gasteiger partial charge in [-0.25, -0.2) is 0 Å². The molecule has 0 aliphatic rings. The molecular weight excluding hydrogens is 279 g/mol. The molecule has 0 bridgehead atoms. The number of hydrogen-bond acceptors (Lipinski definition) is 2. The topological polar surface area (TPSA) is 12.9 Å². The van der Waals surface area contributed by atoms with Gasteiger partial charge in [-0.1, -0.05) is 35.9 Å². The SMILES string of the molecule is Cc1c(C)c(C)c2sn[c-]c2c1C.[CH3-].[Y]. The van der Waals surface area contributed by atoms with Crippen LogP contribution in [0.25, 0.3) is 10.1 Å². The van der Waals surface area contributed by atoms with E-state index in [4.69, 9.17) is 0 Å². The quantitative estimate of drug-likeness (QED) is 0.674. The summed E-state index contributed by atoms with van der Waals surface area (Å²) < 4.78 is 5.41. The van der Waals surface area contributed by atoms with Crippen LogP contribution < -0.4 is 0 Å². The Hall–Kier alpha value is 0.214. The molecule has 0 spiro atoms. The second-order valence-corrected chi connectivity index (χ2v) is 4.27. The number of aryl methyl sites for hydroxylation is 2. The first-order chi connectivity index (χ1) is 6.13. The van der Waals surface area contributed by atoms with Crippen LogP contribution in [0.1, 0.15) is 22.3 Å². The maximum absolute atomic E-state index is 4.12. The Kier molecular flexibility index (Phi) is 5.59. The summed E-state index contributed by atoms with van der Waals surface area (Å²) in [6.45, 7) is 8.66. The molecule has 0 fully saturated rings. The van der Waals surface area contributed by atoms with E-state index in [0.717, 1.165) is 0 Å². The first-order valence-corrected chi connectivity index (χ1v) is 5.13. The molecule has 1 heterocycles. The number of aromatic nitrogens is 1. The van der Waals surface area contributed by atoms with E-state index in [0.29, 0.717) is 0 Å². The van der Waals surface area contributed by atoms with E-state index < -0.39 is 0 Å². The third kappa shape index (κ3) is 2.32. The van der Waals surface area contributed by atoms with E-state index in [1.54, 1.807) is 11.5 Å². The van der Waals surface area contributed by atoms with Crippen molar-refractivity contribution in [3.05, 3.63) is 35.9 Å². The van der Waals surface area contributed by atoms with Crippen molar-refractivity contribution in [3.63, 3.8) is 0 Å². The van der Waals surface area contributed by atoms with Gasteiger partial charge in [-0.2, -0.15) is 5.39 Å². The van der Waals surface area contributed by atoms with Crippen LogP contribution in [0.5, 0.6) is 0 Å². The molecule has 0 saturated carbocycles. The van der Waals surface area contributed by atoms with E-state index in [1.165, 1.54) is 32.3 Å². The Morgan fingerprint density at radius 3 is 2.07 bits per heavy atom. The summed E-state index contributed by atoms with van der Waals surface area (Å²) in [7, 11) is 0. The van der Waals surface area contributed by atoms with Crippen LogP contribution in [0.4, 0.5) is 0 Å². The van der Waals surface area contributed by atoms with E-state index in [1.807, 2.05) is 0 Å². The molecule has 0 aliphatic carbocycles. The van der Waals surface area contributed by atoms with Crippen LogP contribution >= 0.6 is 11.5 Å². The van der Waals surface area contributed by atoms with Crippen molar-refractivity contribution in [3.8, 4) is 0 Å². The summed E-state index contributed by atoms with van der Waals surface area (Å²) in [5.41, 5.74) is 5.45. The monoisotopic (exact) mass is 294 g/mol. The molecule has 0 N–H and O–H groups in total. The van der Waals surface area contributed by atoms with Crippen LogP contribution in [-0.4, -0.2) is 4.37 Å². The van der Waals surface area contributed by atoms with E-state index in [-0.39, 0.29) is 40.1 Å². The van der Waals surface area contributed by atoms with Crippen LogP contribution in [0.15, 0.2) is 0 Å². The fourth-order valence-electron chi connectivity index (χ4n) is 1.64. The minimum atomic E-state index is 0. The van der Waals surface area contributed by atoms with Gasteiger partial charge in [-0.3, -0.25) is 4.37 Å². The molecule has 1 nitrogen and oxygen atoms in total. The molecule has 0 unspecified atom stereocenters. The van der Waals surface area contributed by atoms with Crippen molar-refractivity contribution in [2.75, 3.05) is 0 Å². The van der Waals surface area contributed by atoms with Gasteiger partial charge >= 0.3 is 0 Å². The summed E-state index contributed by atoms with van der Waals surface area (Å²) >= 11 is 1.55. The average Bonchev–Trinajstić information content (AvgIpc) is 2.59. The first-order valence-electron chi connectivity index (χ1n) is 4.36. The smallest absolute Gasteiger partial charge is 0 e. The van der Waals surface area contributed by atoms with Crippen LogP contribution in [0.2, 0.25) is 0 Å². The van der Waals surface area contributed by atoms with E-state index >= 15 is 0 Å². The third-order valence-electron chi connectivity index (χ3n) is 2.92. The fourth-order valence-corrected chi connectivity index (χ4v) is 2.45. The molecule has 2 rings (SSSR count). The van der Waals surface area contributed by atoms with E-state index in [2.05, 4.69) is 38.3 Å². The molecule has 79 valence electrons. The van der Waals surface area contributed by atoms with Gasteiger partial charge in [0.15, 0.2) is 0 Å². The summed E-state index contributed by atoms with van der Waals surface area (Å²) in [6.07, 6.45) is 3.07. The second-order valence-electron chi connectivity index (χ2n) is 3.50. The average molecular weight is 294 g/mol. The Bertz CT molecular complexity index is 432. The number of fused-ring (bicyclic) bond motifs is 1. The molecule has 3 heteroatoms. The molecule has 0 amide bonds. The van der Waals surface area contributed by atoms with Gasteiger partial charge in [-0.05, 0) is 13.8 Å².